The third-order valence-electron chi connectivity index (χ3n) is 6.84. The summed E-state index contributed by atoms with van der Waals surface area (Å²) in [5.41, 5.74) is -0.108. The lowest BCUT2D eigenvalue weighted by atomic mass is 9.84. The second-order valence-electron chi connectivity index (χ2n) is 9.02. The fourth-order valence-electron chi connectivity index (χ4n) is 4.90. The maximum Gasteiger partial charge on any atom is 0.242 e. The first-order valence-corrected chi connectivity index (χ1v) is 11.5. The molecular weight excluding hydrogens is 410 g/mol. The Morgan fingerprint density at radius 2 is 1.94 bits per heavy atom. The molecule has 3 heterocycles. The van der Waals surface area contributed by atoms with Crippen LogP contribution in [0.2, 0.25) is 0 Å². The van der Waals surface area contributed by atoms with Gasteiger partial charge in [-0.05, 0) is 38.3 Å². The van der Waals surface area contributed by atoms with Gasteiger partial charge in [0.2, 0.25) is 17.7 Å². The molecule has 3 aliphatic heterocycles. The summed E-state index contributed by atoms with van der Waals surface area (Å²) in [6.07, 6.45) is 3.67. The molecule has 1 spiro atoms. The maximum atomic E-state index is 12.8. The topological polar surface area (TPSA) is 96.0 Å². The highest BCUT2D eigenvalue weighted by molar-refractivity contribution is 6.00. The number of likely N-dealkylation sites (tertiary alicyclic amines) is 2. The van der Waals surface area contributed by atoms with Gasteiger partial charge < -0.3 is 19.9 Å². The summed E-state index contributed by atoms with van der Waals surface area (Å²) in [4.78, 5) is 53.3. The van der Waals surface area contributed by atoms with E-state index in [4.69, 9.17) is 4.74 Å². The van der Waals surface area contributed by atoms with Crippen molar-refractivity contribution in [3.8, 4) is 5.75 Å². The predicted molar refractivity (Wildman–Crippen MR) is 117 cm³/mol. The van der Waals surface area contributed by atoms with Crippen molar-refractivity contribution >= 4 is 23.5 Å². The summed E-state index contributed by atoms with van der Waals surface area (Å²) < 4.78 is 6.25. The number of benzene rings is 1. The van der Waals surface area contributed by atoms with E-state index >= 15 is 0 Å². The molecule has 0 aromatic heterocycles. The Labute approximate surface area is 188 Å². The lowest BCUT2D eigenvalue weighted by Crippen LogP contribution is -2.49. The van der Waals surface area contributed by atoms with Crippen LogP contribution in [0.4, 0.5) is 0 Å². The molecule has 2 saturated heterocycles. The number of amides is 3. The van der Waals surface area contributed by atoms with E-state index in [9.17, 15) is 19.2 Å². The van der Waals surface area contributed by atoms with E-state index in [1.807, 2.05) is 17.0 Å². The van der Waals surface area contributed by atoms with Crippen LogP contribution in [0.5, 0.6) is 5.75 Å². The smallest absolute Gasteiger partial charge is 0.242 e. The lowest BCUT2D eigenvalue weighted by Gasteiger charge is -2.37. The molecule has 8 heteroatoms. The Kier molecular flexibility index (Phi) is 6.48. The Balaban J connectivity index is 1.31. The summed E-state index contributed by atoms with van der Waals surface area (Å²) in [5, 5.41) is 2.89. The summed E-state index contributed by atoms with van der Waals surface area (Å²) >= 11 is 0. The molecule has 1 aromatic rings. The molecule has 3 amide bonds. The van der Waals surface area contributed by atoms with Crippen LogP contribution in [0, 0.1) is 0 Å². The second kappa shape index (κ2) is 9.30. The minimum Gasteiger partial charge on any atom is -0.486 e. The van der Waals surface area contributed by atoms with Crippen molar-refractivity contribution in [1.82, 2.24) is 15.1 Å². The van der Waals surface area contributed by atoms with E-state index < -0.39 is 11.6 Å². The average Bonchev–Trinajstić information content (AvgIpc) is 3.12. The van der Waals surface area contributed by atoms with E-state index in [0.29, 0.717) is 56.6 Å². The van der Waals surface area contributed by atoms with Crippen LogP contribution >= 0.6 is 0 Å². The zero-order chi connectivity index (χ0) is 22.7. The molecule has 0 radical (unpaired) electrons. The second-order valence-corrected chi connectivity index (χ2v) is 9.02. The van der Waals surface area contributed by atoms with Crippen LogP contribution < -0.4 is 10.1 Å². The number of nitrogens with one attached hydrogen (secondary N) is 1. The quantitative estimate of drug-likeness (QED) is 0.681. The summed E-state index contributed by atoms with van der Waals surface area (Å²) in [6, 6.07) is 6.62. The molecule has 1 N–H and O–H groups in total. The first-order chi connectivity index (χ1) is 15.4. The van der Waals surface area contributed by atoms with Gasteiger partial charge in [0, 0.05) is 45.4 Å². The fraction of sp³-hybridized carbons (Fsp3) is 0.583. The zero-order valence-electron chi connectivity index (χ0n) is 18.6. The van der Waals surface area contributed by atoms with Gasteiger partial charge in [0.05, 0.1) is 12.0 Å². The number of carbonyl (C=O) groups excluding carboxylic acids is 4. The number of nitrogens with zero attached hydrogens (tertiary/aromatic N) is 2. The Bertz CT molecular complexity index is 917. The van der Waals surface area contributed by atoms with Gasteiger partial charge in [-0.1, -0.05) is 12.1 Å². The van der Waals surface area contributed by atoms with Gasteiger partial charge in [-0.25, -0.2) is 0 Å². The first-order valence-electron chi connectivity index (χ1n) is 11.5. The number of para-hydroxylation sites is 1. The highest BCUT2D eigenvalue weighted by Gasteiger charge is 2.44. The molecule has 172 valence electrons. The highest BCUT2D eigenvalue weighted by Crippen LogP contribution is 2.39. The van der Waals surface area contributed by atoms with Gasteiger partial charge in [-0.2, -0.15) is 0 Å². The summed E-state index contributed by atoms with van der Waals surface area (Å²) in [5.74, 6) is 0.497. The third kappa shape index (κ3) is 4.64. The van der Waals surface area contributed by atoms with Crippen LogP contribution in [-0.4, -0.2) is 71.1 Å². The molecule has 8 nitrogen and oxygen atoms in total. The van der Waals surface area contributed by atoms with Gasteiger partial charge in [-0.3, -0.25) is 19.2 Å². The fourth-order valence-corrected chi connectivity index (χ4v) is 4.90. The molecule has 0 unspecified atom stereocenters. The molecule has 0 bridgehead atoms. The number of Topliss-reactive ketones (excluding diaryl/α,β-unsaturated/α-hetero) is 1. The Morgan fingerprint density at radius 1 is 1.12 bits per heavy atom. The highest BCUT2D eigenvalue weighted by atomic mass is 16.5. The van der Waals surface area contributed by atoms with Crippen molar-refractivity contribution in [1.29, 1.82) is 0 Å². The van der Waals surface area contributed by atoms with Crippen LogP contribution in [-0.2, 0) is 14.4 Å². The minimum absolute atomic E-state index is 0.0371. The molecule has 0 aliphatic carbocycles. The molecule has 3 aliphatic rings. The zero-order valence-corrected chi connectivity index (χ0v) is 18.6. The maximum absolute atomic E-state index is 12.8. The van der Waals surface area contributed by atoms with Crippen LogP contribution in [0.25, 0.3) is 0 Å². The van der Waals surface area contributed by atoms with Crippen molar-refractivity contribution in [2.45, 2.75) is 63.5 Å². The van der Waals surface area contributed by atoms with Crippen molar-refractivity contribution in [2.75, 3.05) is 26.2 Å². The molecule has 1 aromatic carbocycles. The molecule has 0 saturated carbocycles. The molecule has 2 atom stereocenters. The monoisotopic (exact) mass is 441 g/mol. The predicted octanol–water partition coefficient (Wildman–Crippen LogP) is 1.92. The number of rotatable bonds is 6. The third-order valence-corrected chi connectivity index (χ3v) is 6.84. The van der Waals surface area contributed by atoms with Crippen molar-refractivity contribution in [3.05, 3.63) is 29.8 Å². The molecule has 32 heavy (non-hydrogen) atoms. The van der Waals surface area contributed by atoms with Crippen LogP contribution in [0.3, 0.4) is 0 Å². The number of hydrogen-bond acceptors (Lipinski definition) is 5. The number of ketones is 1. The van der Waals surface area contributed by atoms with Crippen LogP contribution in [0.15, 0.2) is 24.3 Å². The SMILES string of the molecule is C[C@@H](C(=O)NCCCN1CCCC1=O)N1CC[C@@]2(CCC1=O)CC(=O)c1ccccc1O2. The van der Waals surface area contributed by atoms with Crippen molar-refractivity contribution in [3.63, 3.8) is 0 Å². The number of fused-ring (bicyclic) bond motifs is 1. The van der Waals surface area contributed by atoms with Gasteiger partial charge in [0.25, 0.3) is 0 Å². The standard InChI is InChI=1S/C24H31N3O5/c1-17(23(31)25-12-5-14-26-13-4-8-21(26)29)27-15-11-24(10-9-22(27)30)16-19(28)18-6-2-3-7-20(18)32-24/h2-3,6-7,17H,4-5,8-16H2,1H3,(H,25,31)/t17-,24-/m0/s1. The van der Waals surface area contributed by atoms with Gasteiger partial charge >= 0.3 is 0 Å². The number of ether oxygens (including phenoxy) is 1. The van der Waals surface area contributed by atoms with E-state index in [-0.39, 0.29) is 36.3 Å². The minimum atomic E-state index is -0.700. The molecule has 2 fully saturated rings. The largest absolute Gasteiger partial charge is 0.486 e. The van der Waals surface area contributed by atoms with Gasteiger partial charge in [0.1, 0.15) is 17.4 Å². The van der Waals surface area contributed by atoms with Crippen molar-refractivity contribution < 1.29 is 23.9 Å². The van der Waals surface area contributed by atoms with Gasteiger partial charge in [-0.15, -0.1) is 0 Å². The van der Waals surface area contributed by atoms with Crippen molar-refractivity contribution in [2.24, 2.45) is 0 Å². The summed E-state index contributed by atoms with van der Waals surface area (Å²) in [7, 11) is 0. The Hall–Kier alpha value is -2.90. The normalized spacial score (nSPS) is 24.2. The number of carbonyl (C=O) groups is 4. The van der Waals surface area contributed by atoms with E-state index in [0.717, 1.165) is 13.0 Å². The number of hydrogen-bond donors (Lipinski definition) is 1. The van der Waals surface area contributed by atoms with E-state index in [1.54, 1.807) is 24.0 Å². The Morgan fingerprint density at radius 3 is 2.72 bits per heavy atom. The molecular formula is C24H31N3O5. The average molecular weight is 442 g/mol. The van der Waals surface area contributed by atoms with E-state index in [2.05, 4.69) is 5.32 Å². The summed E-state index contributed by atoms with van der Waals surface area (Å²) in [6.45, 7) is 4.00. The lowest BCUT2D eigenvalue weighted by molar-refractivity contribution is -0.139. The molecule has 4 rings (SSSR count). The van der Waals surface area contributed by atoms with Gasteiger partial charge in [0.15, 0.2) is 5.78 Å². The first kappa shape index (κ1) is 22.3. The van der Waals surface area contributed by atoms with Crippen LogP contribution in [0.1, 0.15) is 62.2 Å². The van der Waals surface area contributed by atoms with E-state index in [1.165, 1.54) is 0 Å².